The maximum atomic E-state index is 13.4. The van der Waals surface area contributed by atoms with Crippen molar-refractivity contribution in [2.24, 2.45) is 0 Å². The van der Waals surface area contributed by atoms with Gasteiger partial charge in [0, 0.05) is 102 Å². The van der Waals surface area contributed by atoms with Crippen LogP contribution in [-0.2, 0) is 19.6 Å². The van der Waals surface area contributed by atoms with Gasteiger partial charge >= 0.3 is 0 Å². The van der Waals surface area contributed by atoms with Gasteiger partial charge in [0.2, 0.25) is 0 Å². The van der Waals surface area contributed by atoms with E-state index in [2.05, 4.69) is 249 Å². The van der Waals surface area contributed by atoms with Crippen LogP contribution in [0.4, 0.5) is 0 Å². The van der Waals surface area contributed by atoms with Crippen molar-refractivity contribution >= 4 is 121 Å². The van der Waals surface area contributed by atoms with Gasteiger partial charge in [0.05, 0.1) is 4.86 Å². The number of hydrogen-bond donors (Lipinski definition) is 1. The third kappa shape index (κ3) is 9.23. The van der Waals surface area contributed by atoms with E-state index in [1.807, 2.05) is 42.5 Å². The largest absolute Gasteiger partial charge is 0.384 e. The molecule has 3 aromatic heterocycles. The van der Waals surface area contributed by atoms with E-state index in [1.165, 1.54) is 92.9 Å². The van der Waals surface area contributed by atoms with Gasteiger partial charge in [-0.15, -0.1) is 0 Å². The number of nitrogens with zero attached hydrogens (tertiary/aromatic N) is 3. The van der Waals surface area contributed by atoms with Crippen molar-refractivity contribution in [3.63, 3.8) is 0 Å². The molecule has 3 heterocycles. The Morgan fingerprint density at radius 2 is 0.702 bits per heavy atom. The highest BCUT2D eigenvalue weighted by atomic mass is 32.1. The number of aromatic nitrogens is 3. The molecule has 0 bridgehead atoms. The standard InChI is InChI=1S/C26H23NO.C26H21NO.C26H21NS/c3*1-3-27-24-11-7-6-10-21(24)23-16-18(13-15-25(23)27)26(28)22-14-12-17(2)19-8-4-5-9-20(19)22/h4-16,26,28H,3H2,1-2H3;2*4-16H,3H2,1-2H3. The molecule has 5 nitrogen and oxygen atoms in total. The number of aryl methyl sites for hydroxylation is 6. The first-order valence-electron chi connectivity index (χ1n) is 29.3. The molecular formula is C78H65N3O2S. The molecule has 0 aliphatic carbocycles. The molecule has 15 aromatic rings. The molecule has 1 atom stereocenters. The number of fused-ring (bicyclic) bond motifs is 12. The molecule has 0 fully saturated rings. The van der Waals surface area contributed by atoms with Crippen LogP contribution in [0.25, 0.3) is 97.7 Å². The molecule has 15 rings (SSSR count). The molecular weight excluding hydrogens is 1040 g/mol. The molecule has 6 heteroatoms. The Balaban J connectivity index is 0.000000118. The van der Waals surface area contributed by atoms with Crippen molar-refractivity contribution < 1.29 is 9.90 Å². The van der Waals surface area contributed by atoms with Crippen LogP contribution in [0, 0.1) is 20.8 Å². The number of ketones is 1. The number of aliphatic hydroxyl groups is 1. The molecule has 1 N–H and O–H groups in total. The summed E-state index contributed by atoms with van der Waals surface area (Å²) in [6.07, 6.45) is -0.654. The van der Waals surface area contributed by atoms with Gasteiger partial charge in [-0.3, -0.25) is 4.79 Å². The van der Waals surface area contributed by atoms with Crippen molar-refractivity contribution in [2.75, 3.05) is 0 Å². The van der Waals surface area contributed by atoms with Crippen molar-refractivity contribution in [3.8, 4) is 0 Å². The van der Waals surface area contributed by atoms with E-state index < -0.39 is 6.10 Å². The van der Waals surface area contributed by atoms with Crippen LogP contribution in [0.1, 0.15) is 81.7 Å². The van der Waals surface area contributed by atoms with Crippen molar-refractivity contribution in [2.45, 2.75) is 67.3 Å². The van der Waals surface area contributed by atoms with Gasteiger partial charge in [-0.25, -0.2) is 0 Å². The lowest BCUT2D eigenvalue weighted by molar-refractivity contribution is 0.104. The first-order valence-corrected chi connectivity index (χ1v) is 29.7. The van der Waals surface area contributed by atoms with Crippen LogP contribution < -0.4 is 0 Å². The summed E-state index contributed by atoms with van der Waals surface area (Å²) in [5, 5.41) is 25.6. The predicted octanol–water partition coefficient (Wildman–Crippen LogP) is 19.9. The number of carbonyl (C=O) groups excluding carboxylic acids is 1. The zero-order valence-corrected chi connectivity index (χ0v) is 49.1. The van der Waals surface area contributed by atoms with E-state index in [4.69, 9.17) is 12.2 Å². The Hall–Kier alpha value is -9.46. The molecule has 410 valence electrons. The van der Waals surface area contributed by atoms with Crippen LogP contribution in [0.5, 0.6) is 0 Å². The lowest BCUT2D eigenvalue weighted by atomic mass is 9.93. The Kier molecular flexibility index (Phi) is 14.3. The molecule has 1 unspecified atom stereocenters. The van der Waals surface area contributed by atoms with E-state index in [9.17, 15) is 9.90 Å². The number of benzene rings is 12. The van der Waals surface area contributed by atoms with Gasteiger partial charge in [0.1, 0.15) is 6.10 Å². The van der Waals surface area contributed by atoms with Gasteiger partial charge in [0.15, 0.2) is 5.78 Å². The smallest absolute Gasteiger partial charge is 0.193 e. The Morgan fingerprint density at radius 3 is 1.19 bits per heavy atom. The van der Waals surface area contributed by atoms with Gasteiger partial charge < -0.3 is 18.8 Å². The molecule has 0 saturated carbocycles. The summed E-state index contributed by atoms with van der Waals surface area (Å²) >= 11 is 5.97. The van der Waals surface area contributed by atoms with E-state index in [-0.39, 0.29) is 5.78 Å². The second-order valence-corrected chi connectivity index (χ2v) is 22.5. The minimum absolute atomic E-state index is 0.0754. The Labute approximate surface area is 495 Å². The first-order chi connectivity index (χ1) is 41.1. The monoisotopic (exact) mass is 1110 g/mol. The lowest BCUT2D eigenvalue weighted by Gasteiger charge is -2.16. The molecule has 0 aliphatic rings. The number of hydrogen-bond acceptors (Lipinski definition) is 3. The number of carbonyl (C=O) groups is 1. The van der Waals surface area contributed by atoms with Gasteiger partial charge in [-0.2, -0.15) is 0 Å². The SMILES string of the molecule is CCn1c2ccccc2c2cc(C(=O)c3ccc(C)c4ccccc34)ccc21.CCn1c2ccccc2c2cc(C(=S)c3ccc(C)c4ccccc34)ccc21.CCn1c2ccccc2c2cc(C(O)c3ccc(C)c4ccccc34)ccc21. The summed E-state index contributed by atoms with van der Waals surface area (Å²) in [6.45, 7) is 15.7. The van der Waals surface area contributed by atoms with Crippen molar-refractivity contribution in [1.82, 2.24) is 13.7 Å². The number of thiocarbonyl (C=S) groups is 1. The Bertz CT molecular complexity index is 4880. The van der Waals surface area contributed by atoms with Crippen LogP contribution in [0.15, 0.2) is 237 Å². The van der Waals surface area contributed by atoms with Gasteiger partial charge in [-0.1, -0.05) is 188 Å². The molecule has 0 amide bonds. The molecule has 12 aromatic carbocycles. The third-order valence-electron chi connectivity index (χ3n) is 17.4. The van der Waals surface area contributed by atoms with Crippen molar-refractivity contribution in [1.29, 1.82) is 0 Å². The predicted molar refractivity (Wildman–Crippen MR) is 360 cm³/mol. The van der Waals surface area contributed by atoms with E-state index in [1.54, 1.807) is 0 Å². The maximum Gasteiger partial charge on any atom is 0.193 e. The lowest BCUT2D eigenvalue weighted by Crippen LogP contribution is -2.03. The fourth-order valence-corrected chi connectivity index (χ4v) is 13.5. The minimum atomic E-state index is -0.654. The van der Waals surface area contributed by atoms with Gasteiger partial charge in [0.25, 0.3) is 0 Å². The fraction of sp³-hybridized carbons (Fsp3) is 0.128. The van der Waals surface area contributed by atoms with E-state index in [0.717, 1.165) is 79.4 Å². The highest BCUT2D eigenvalue weighted by molar-refractivity contribution is 7.81. The zero-order valence-electron chi connectivity index (χ0n) is 48.3. The number of rotatable bonds is 9. The van der Waals surface area contributed by atoms with Crippen LogP contribution in [-0.4, -0.2) is 29.5 Å². The summed E-state index contributed by atoms with van der Waals surface area (Å²) < 4.78 is 7.01. The van der Waals surface area contributed by atoms with E-state index in [0.29, 0.717) is 0 Å². The highest BCUT2D eigenvalue weighted by Crippen LogP contribution is 2.37. The second-order valence-electron chi connectivity index (χ2n) is 22.1. The topological polar surface area (TPSA) is 52.1 Å². The third-order valence-corrected chi connectivity index (χ3v) is 17.8. The van der Waals surface area contributed by atoms with Crippen LogP contribution in [0.2, 0.25) is 0 Å². The average Bonchev–Trinajstić information content (AvgIpc) is 2.81. The summed E-state index contributed by atoms with van der Waals surface area (Å²) in [5.74, 6) is 0.0754. The summed E-state index contributed by atoms with van der Waals surface area (Å²) in [4.78, 5) is 14.3. The second kappa shape index (κ2) is 22.4. The molecule has 84 heavy (non-hydrogen) atoms. The number of para-hydroxylation sites is 3. The average molecular weight is 1110 g/mol. The summed E-state index contributed by atoms with van der Waals surface area (Å²) in [7, 11) is 0. The quantitative estimate of drug-likeness (QED) is 0.116. The molecule has 0 aliphatic heterocycles. The molecule has 0 saturated heterocycles. The Morgan fingerprint density at radius 1 is 0.357 bits per heavy atom. The van der Waals surface area contributed by atoms with Crippen molar-refractivity contribution in [3.05, 3.63) is 287 Å². The minimum Gasteiger partial charge on any atom is -0.384 e. The van der Waals surface area contributed by atoms with Crippen LogP contribution >= 0.6 is 12.2 Å². The van der Waals surface area contributed by atoms with E-state index >= 15 is 0 Å². The van der Waals surface area contributed by atoms with Gasteiger partial charge in [-0.05, 0) is 168 Å². The molecule has 0 spiro atoms. The summed E-state index contributed by atoms with van der Waals surface area (Å²) in [5.41, 5.74) is 16.7. The highest BCUT2D eigenvalue weighted by Gasteiger charge is 2.20. The fourth-order valence-electron chi connectivity index (χ4n) is 13.2. The number of aliphatic hydroxyl groups excluding tert-OH is 1. The zero-order chi connectivity index (χ0) is 57.8. The first kappa shape index (κ1) is 53.8. The normalized spacial score (nSPS) is 11.9. The summed E-state index contributed by atoms with van der Waals surface area (Å²) in [6, 6.07) is 82.1. The maximum absolute atomic E-state index is 13.4. The molecule has 0 radical (unpaired) electrons. The van der Waals surface area contributed by atoms with Crippen LogP contribution in [0.3, 0.4) is 0 Å².